The lowest BCUT2D eigenvalue weighted by molar-refractivity contribution is 0.188. The Morgan fingerprint density at radius 2 is 2.17 bits per heavy atom. The van der Waals surface area contributed by atoms with Crippen LogP contribution >= 0.6 is 0 Å². The molecule has 0 aromatic carbocycles. The number of rotatable bonds is 2. The van der Waals surface area contributed by atoms with Gasteiger partial charge in [-0.05, 0) is 13.8 Å². The third-order valence-corrected chi connectivity index (χ3v) is 1.47. The molecule has 1 rings (SSSR count). The Morgan fingerprint density at radius 3 is 2.67 bits per heavy atom. The molecule has 1 aliphatic rings. The van der Waals surface area contributed by atoms with E-state index in [1.807, 2.05) is 13.8 Å². The van der Waals surface area contributed by atoms with Crippen LogP contribution in [0.25, 0.3) is 0 Å². The van der Waals surface area contributed by atoms with Gasteiger partial charge in [0.05, 0.1) is 0 Å². The van der Waals surface area contributed by atoms with Crippen molar-refractivity contribution in [2.45, 2.75) is 26.3 Å². The van der Waals surface area contributed by atoms with E-state index in [4.69, 9.17) is 0 Å². The summed E-state index contributed by atoms with van der Waals surface area (Å²) in [6, 6.07) is 0.0833. The van der Waals surface area contributed by atoms with Crippen molar-refractivity contribution in [2.24, 2.45) is 5.10 Å². The van der Waals surface area contributed by atoms with E-state index in [1.54, 1.807) is 0 Å². The number of halogens is 2. The molecule has 66 valence electrons. The van der Waals surface area contributed by atoms with Gasteiger partial charge in [0, 0.05) is 29.8 Å². The molecule has 12 heavy (non-hydrogen) atoms. The van der Waals surface area contributed by atoms with Crippen molar-refractivity contribution in [3.05, 3.63) is 17.8 Å². The van der Waals surface area contributed by atoms with Crippen LogP contribution in [0.4, 0.5) is 8.78 Å². The lowest BCUT2D eigenvalue weighted by Crippen LogP contribution is -2.22. The van der Waals surface area contributed by atoms with Gasteiger partial charge < -0.3 is 0 Å². The molecule has 0 unspecified atom stereocenters. The minimum absolute atomic E-state index is 0.0429. The fraction of sp³-hybridized carbons (Fsp3) is 0.500. The molecule has 0 atom stereocenters. The summed E-state index contributed by atoms with van der Waals surface area (Å²) in [6.07, 6.45) is 0.0873. The Labute approximate surface area is 69.9 Å². The molecule has 0 saturated carbocycles. The van der Waals surface area contributed by atoms with Crippen LogP contribution in [0.3, 0.4) is 0 Å². The van der Waals surface area contributed by atoms with Crippen LogP contribution in [-0.2, 0) is 0 Å². The summed E-state index contributed by atoms with van der Waals surface area (Å²) in [5, 5.41) is 5.24. The number of hydrogen-bond donors (Lipinski definition) is 0. The first-order valence-electron chi connectivity index (χ1n) is 3.69. The average Bonchev–Trinajstić information content (AvgIpc) is 2.04. The highest BCUT2D eigenvalue weighted by molar-refractivity contribution is 5.59. The second kappa shape index (κ2) is 3.50. The second-order valence-corrected chi connectivity index (χ2v) is 2.78. The molecule has 0 aliphatic carbocycles. The molecule has 4 heteroatoms. The maximum atomic E-state index is 12.1. The lowest BCUT2D eigenvalue weighted by Gasteiger charge is -2.20. The van der Waals surface area contributed by atoms with Crippen molar-refractivity contribution >= 4 is 5.87 Å². The molecule has 0 N–H and O–H groups in total. The van der Waals surface area contributed by atoms with Crippen LogP contribution < -0.4 is 0 Å². The predicted octanol–water partition coefficient (Wildman–Crippen LogP) is 2.00. The van der Waals surface area contributed by atoms with Gasteiger partial charge in [-0.15, -0.1) is 5.10 Å². The summed E-state index contributed by atoms with van der Waals surface area (Å²) in [4.78, 5) is 0. The van der Waals surface area contributed by atoms with Crippen LogP contribution in [-0.4, -0.2) is 23.3 Å². The quantitative estimate of drug-likeness (QED) is 0.622. The maximum Gasteiger partial charge on any atom is 0.265 e. The first-order chi connectivity index (χ1) is 5.61. The number of alkyl halides is 2. The topological polar surface area (TPSA) is 15.6 Å². The number of allylic oxidation sites excluding steroid dienone is 2. The smallest absolute Gasteiger partial charge is 0.262 e. The van der Waals surface area contributed by atoms with E-state index in [2.05, 4.69) is 11.0 Å². The fourth-order valence-electron chi connectivity index (χ4n) is 0.773. The zero-order valence-electron chi connectivity index (χ0n) is 6.96. The van der Waals surface area contributed by atoms with Crippen LogP contribution in [0.2, 0.25) is 0 Å². The van der Waals surface area contributed by atoms with Gasteiger partial charge in [-0.25, -0.2) is 8.78 Å². The van der Waals surface area contributed by atoms with Crippen molar-refractivity contribution in [1.29, 1.82) is 0 Å². The Balaban J connectivity index is 2.81. The van der Waals surface area contributed by atoms with E-state index in [0.717, 1.165) is 0 Å². The molecule has 0 aromatic heterocycles. The van der Waals surface area contributed by atoms with E-state index in [0.29, 0.717) is 0 Å². The van der Waals surface area contributed by atoms with Gasteiger partial charge in [-0.3, -0.25) is 5.01 Å². The summed E-state index contributed by atoms with van der Waals surface area (Å²) in [5.41, 5.74) is -0.0429. The van der Waals surface area contributed by atoms with E-state index < -0.39 is 6.43 Å². The van der Waals surface area contributed by atoms with Crippen LogP contribution in [0, 0.1) is 0 Å². The van der Waals surface area contributed by atoms with E-state index >= 15 is 0 Å². The van der Waals surface area contributed by atoms with Crippen LogP contribution in [0.5, 0.6) is 0 Å². The van der Waals surface area contributed by atoms with E-state index in [1.165, 1.54) is 17.3 Å². The Kier molecular flexibility index (Phi) is 2.61. The normalized spacial score (nSPS) is 16.2. The molecule has 0 radical (unpaired) electrons. The van der Waals surface area contributed by atoms with Gasteiger partial charge in [0.25, 0.3) is 6.43 Å². The van der Waals surface area contributed by atoms with Crippen LogP contribution in [0.1, 0.15) is 13.8 Å². The number of nitrogens with zero attached hydrogens (tertiary/aromatic N) is 2. The molecule has 1 heterocycles. The minimum atomic E-state index is -2.45. The third kappa shape index (κ3) is 1.92. The van der Waals surface area contributed by atoms with Crippen molar-refractivity contribution in [2.75, 3.05) is 0 Å². The molecule has 0 spiro atoms. The van der Waals surface area contributed by atoms with Crippen LogP contribution in [0.15, 0.2) is 23.0 Å². The number of hydrogen-bond acceptors (Lipinski definition) is 2. The Hall–Kier alpha value is -1.15. The van der Waals surface area contributed by atoms with Gasteiger partial charge in [0.2, 0.25) is 0 Å². The summed E-state index contributed by atoms with van der Waals surface area (Å²) in [6.45, 7) is 3.74. The summed E-state index contributed by atoms with van der Waals surface area (Å²) >= 11 is 0. The third-order valence-electron chi connectivity index (χ3n) is 1.47. The summed E-state index contributed by atoms with van der Waals surface area (Å²) in [5.74, 6) is 2.43. The summed E-state index contributed by atoms with van der Waals surface area (Å²) in [7, 11) is 0. The minimum Gasteiger partial charge on any atom is -0.262 e. The predicted molar refractivity (Wildman–Crippen MR) is 43.1 cm³/mol. The molecule has 0 aromatic rings. The van der Waals surface area contributed by atoms with Crippen molar-refractivity contribution in [3.63, 3.8) is 0 Å². The molecular weight excluding hydrogens is 162 g/mol. The molecule has 0 amide bonds. The molecule has 1 aliphatic heterocycles. The van der Waals surface area contributed by atoms with Gasteiger partial charge in [0.15, 0.2) is 0 Å². The molecular formula is C8H10F2N2. The summed E-state index contributed by atoms with van der Waals surface area (Å²) < 4.78 is 24.3. The molecule has 0 saturated heterocycles. The SMILES string of the molecule is CC(C)N1C=C(C(F)F)C=C=N1. The van der Waals surface area contributed by atoms with Gasteiger partial charge in [-0.1, -0.05) is 0 Å². The first-order valence-corrected chi connectivity index (χ1v) is 3.69. The van der Waals surface area contributed by atoms with Crippen molar-refractivity contribution in [3.8, 4) is 0 Å². The highest BCUT2D eigenvalue weighted by Crippen LogP contribution is 2.14. The van der Waals surface area contributed by atoms with Gasteiger partial charge in [-0.2, -0.15) is 0 Å². The van der Waals surface area contributed by atoms with Gasteiger partial charge >= 0.3 is 0 Å². The Bertz CT molecular complexity index is 250. The zero-order valence-corrected chi connectivity index (χ0v) is 6.96. The number of hydrazone groups is 1. The monoisotopic (exact) mass is 172 g/mol. The van der Waals surface area contributed by atoms with Crippen molar-refractivity contribution < 1.29 is 8.78 Å². The Morgan fingerprint density at radius 1 is 1.50 bits per heavy atom. The zero-order chi connectivity index (χ0) is 9.14. The average molecular weight is 172 g/mol. The lowest BCUT2D eigenvalue weighted by atomic mass is 10.2. The molecule has 0 bridgehead atoms. The van der Waals surface area contributed by atoms with E-state index in [9.17, 15) is 8.78 Å². The molecule has 0 fully saturated rings. The first kappa shape index (κ1) is 8.94. The largest absolute Gasteiger partial charge is 0.265 e. The standard InChI is InChI=1S/C8H10F2N2/c1-6(2)12-5-7(8(9)10)3-4-11-12/h3,5-6,8H,1-2H3. The fourth-order valence-corrected chi connectivity index (χ4v) is 0.773. The maximum absolute atomic E-state index is 12.1. The van der Waals surface area contributed by atoms with Crippen molar-refractivity contribution in [1.82, 2.24) is 5.01 Å². The van der Waals surface area contributed by atoms with E-state index in [-0.39, 0.29) is 11.6 Å². The van der Waals surface area contributed by atoms with Gasteiger partial charge in [0.1, 0.15) is 0 Å². The highest BCUT2D eigenvalue weighted by atomic mass is 19.3. The molecule has 2 nitrogen and oxygen atoms in total. The second-order valence-electron chi connectivity index (χ2n) is 2.78. The highest BCUT2D eigenvalue weighted by Gasteiger charge is 2.13.